The van der Waals surface area contributed by atoms with Crippen LogP contribution in [0.3, 0.4) is 0 Å². The summed E-state index contributed by atoms with van der Waals surface area (Å²) in [5.41, 5.74) is -0.763. The number of alkyl halides is 3. The van der Waals surface area contributed by atoms with Crippen LogP contribution >= 0.6 is 0 Å². The molecule has 1 aliphatic rings. The second kappa shape index (κ2) is 7.48. The summed E-state index contributed by atoms with van der Waals surface area (Å²) in [6.45, 7) is 4.70. The first-order valence-corrected chi connectivity index (χ1v) is 7.90. The fraction of sp³-hybridized carbons (Fsp3) is 0.562. The summed E-state index contributed by atoms with van der Waals surface area (Å²) in [7, 11) is 0. The summed E-state index contributed by atoms with van der Waals surface area (Å²) in [6.07, 6.45) is -6.02. The molecule has 26 heavy (non-hydrogen) atoms. The van der Waals surface area contributed by atoms with Crippen LogP contribution in [0.15, 0.2) is 24.4 Å². The number of anilines is 1. The number of hydrogen-bond acceptors (Lipinski definition) is 5. The van der Waals surface area contributed by atoms with Gasteiger partial charge in [0.15, 0.2) is 6.10 Å². The lowest BCUT2D eigenvalue weighted by Crippen LogP contribution is -2.56. The van der Waals surface area contributed by atoms with Gasteiger partial charge in [-0.15, -0.1) is 13.2 Å². The minimum atomic E-state index is -4.98. The first-order chi connectivity index (χ1) is 12.0. The third-order valence-electron chi connectivity index (χ3n) is 3.35. The molecular weight excluding hydrogens is 355 g/mol. The summed E-state index contributed by atoms with van der Waals surface area (Å²) in [6, 6.07) is 3.84. The SMILES string of the molecule is CC(C)(C)OC(=O)N1CCOC(C(=O)N(c2ccccn2)C(F)(F)F)C1. The highest BCUT2D eigenvalue weighted by Gasteiger charge is 2.47. The topological polar surface area (TPSA) is 72.0 Å². The van der Waals surface area contributed by atoms with E-state index in [9.17, 15) is 22.8 Å². The first-order valence-electron chi connectivity index (χ1n) is 7.90. The van der Waals surface area contributed by atoms with Gasteiger partial charge in [-0.2, -0.15) is 0 Å². The van der Waals surface area contributed by atoms with Gasteiger partial charge in [0.1, 0.15) is 11.4 Å². The summed E-state index contributed by atoms with van der Waals surface area (Å²) in [5, 5.41) is 0. The maximum Gasteiger partial charge on any atom is 0.492 e. The molecule has 1 atom stereocenters. The third kappa shape index (κ3) is 5.07. The van der Waals surface area contributed by atoms with E-state index in [0.717, 1.165) is 17.2 Å². The second-order valence-corrected chi connectivity index (χ2v) is 6.62. The van der Waals surface area contributed by atoms with Crippen molar-refractivity contribution in [1.82, 2.24) is 9.88 Å². The molecule has 1 unspecified atom stereocenters. The zero-order valence-corrected chi connectivity index (χ0v) is 14.6. The van der Waals surface area contributed by atoms with E-state index in [2.05, 4.69) is 4.98 Å². The van der Waals surface area contributed by atoms with Gasteiger partial charge in [-0.25, -0.2) is 14.7 Å². The highest BCUT2D eigenvalue weighted by molar-refractivity contribution is 5.96. The Morgan fingerprint density at radius 1 is 1.31 bits per heavy atom. The van der Waals surface area contributed by atoms with E-state index in [1.165, 1.54) is 12.1 Å². The van der Waals surface area contributed by atoms with Crippen molar-refractivity contribution in [1.29, 1.82) is 0 Å². The lowest BCUT2D eigenvalue weighted by Gasteiger charge is -2.35. The fourth-order valence-corrected chi connectivity index (χ4v) is 2.29. The Kier molecular flexibility index (Phi) is 5.74. The molecule has 0 radical (unpaired) electrons. The van der Waals surface area contributed by atoms with Crippen molar-refractivity contribution in [3.63, 3.8) is 0 Å². The number of hydrogen-bond donors (Lipinski definition) is 0. The Labute approximate surface area is 148 Å². The molecule has 0 saturated carbocycles. The van der Waals surface area contributed by atoms with Gasteiger partial charge in [0.2, 0.25) is 0 Å². The molecule has 2 amide bonds. The van der Waals surface area contributed by atoms with Crippen molar-refractivity contribution >= 4 is 17.8 Å². The summed E-state index contributed by atoms with van der Waals surface area (Å²) in [4.78, 5) is 28.9. The van der Waals surface area contributed by atoms with E-state index in [0.29, 0.717) is 0 Å². The van der Waals surface area contributed by atoms with Crippen LogP contribution in [0, 0.1) is 0 Å². The zero-order valence-electron chi connectivity index (χ0n) is 14.6. The van der Waals surface area contributed by atoms with Gasteiger partial charge in [-0.3, -0.25) is 4.79 Å². The standard InChI is InChI=1S/C16H20F3N3O4/c1-15(2,3)26-14(24)21-8-9-25-11(10-21)13(23)22(16(17,18)19)12-6-4-5-7-20-12/h4-7,11H,8-10H2,1-3H3. The maximum atomic E-state index is 13.4. The van der Waals surface area contributed by atoms with E-state index in [1.807, 2.05) is 0 Å². The predicted molar refractivity (Wildman–Crippen MR) is 85.3 cm³/mol. The van der Waals surface area contributed by atoms with Crippen LogP contribution in [0.5, 0.6) is 0 Å². The monoisotopic (exact) mass is 375 g/mol. The predicted octanol–water partition coefficient (Wildman–Crippen LogP) is 2.57. The number of aromatic nitrogens is 1. The van der Waals surface area contributed by atoms with E-state index in [-0.39, 0.29) is 24.6 Å². The normalized spacial score (nSPS) is 18.4. The zero-order chi connectivity index (χ0) is 19.5. The van der Waals surface area contributed by atoms with Crippen molar-refractivity contribution < 1.29 is 32.2 Å². The Balaban J connectivity index is 2.17. The highest BCUT2D eigenvalue weighted by atomic mass is 19.4. The van der Waals surface area contributed by atoms with Gasteiger partial charge >= 0.3 is 12.4 Å². The molecule has 10 heteroatoms. The number of rotatable bonds is 2. The smallest absolute Gasteiger partial charge is 0.444 e. The summed E-state index contributed by atoms with van der Waals surface area (Å²) in [5.74, 6) is -1.91. The van der Waals surface area contributed by atoms with Crippen molar-refractivity contribution in [2.75, 3.05) is 24.6 Å². The number of morpholine rings is 1. The van der Waals surface area contributed by atoms with Gasteiger partial charge < -0.3 is 14.4 Å². The molecule has 2 heterocycles. The highest BCUT2D eigenvalue weighted by Crippen LogP contribution is 2.28. The van der Waals surface area contributed by atoms with Crippen LogP contribution in [0.4, 0.5) is 23.8 Å². The first kappa shape index (κ1) is 20.0. The number of pyridine rings is 1. The molecule has 1 saturated heterocycles. The molecule has 0 aliphatic carbocycles. The van der Waals surface area contributed by atoms with Crippen LogP contribution in [0.2, 0.25) is 0 Å². The number of ether oxygens (including phenoxy) is 2. The maximum absolute atomic E-state index is 13.4. The quantitative estimate of drug-likeness (QED) is 0.743. The fourth-order valence-electron chi connectivity index (χ4n) is 2.29. The molecule has 144 valence electrons. The van der Waals surface area contributed by atoms with Crippen molar-refractivity contribution in [3.8, 4) is 0 Å². The lowest BCUT2D eigenvalue weighted by molar-refractivity contribution is -0.161. The van der Waals surface area contributed by atoms with Gasteiger partial charge in [0.05, 0.1) is 13.2 Å². The summed E-state index contributed by atoms with van der Waals surface area (Å²) < 4.78 is 50.5. The van der Waals surface area contributed by atoms with E-state index < -0.39 is 35.8 Å². The molecule has 1 aromatic heterocycles. The number of carbonyl (C=O) groups is 2. The molecule has 2 rings (SSSR count). The molecule has 0 aromatic carbocycles. The second-order valence-electron chi connectivity index (χ2n) is 6.62. The van der Waals surface area contributed by atoms with Gasteiger partial charge in [-0.05, 0) is 32.9 Å². The molecule has 1 fully saturated rings. The van der Waals surface area contributed by atoms with Crippen molar-refractivity contribution in [3.05, 3.63) is 24.4 Å². The van der Waals surface area contributed by atoms with Crippen LogP contribution in [-0.2, 0) is 14.3 Å². The Bertz CT molecular complexity index is 646. The van der Waals surface area contributed by atoms with Crippen molar-refractivity contribution in [2.24, 2.45) is 0 Å². The van der Waals surface area contributed by atoms with Gasteiger partial charge in [0.25, 0.3) is 5.91 Å². The number of carbonyl (C=O) groups excluding carboxylic acids is 2. The molecule has 0 N–H and O–H groups in total. The number of nitrogens with zero attached hydrogens (tertiary/aromatic N) is 3. The van der Waals surface area contributed by atoms with Crippen LogP contribution in [-0.4, -0.2) is 59.6 Å². The van der Waals surface area contributed by atoms with Gasteiger partial charge in [-0.1, -0.05) is 6.07 Å². The van der Waals surface area contributed by atoms with Gasteiger partial charge in [0, 0.05) is 12.7 Å². The third-order valence-corrected chi connectivity index (χ3v) is 3.35. The van der Waals surface area contributed by atoms with Crippen LogP contribution < -0.4 is 4.90 Å². The van der Waals surface area contributed by atoms with E-state index in [4.69, 9.17) is 9.47 Å². The van der Waals surface area contributed by atoms with Crippen molar-refractivity contribution in [2.45, 2.75) is 38.8 Å². The molecule has 0 bridgehead atoms. The Hall–Kier alpha value is -2.36. The minimum absolute atomic E-state index is 0.0798. The lowest BCUT2D eigenvalue weighted by atomic mass is 10.2. The average molecular weight is 375 g/mol. The molecule has 0 spiro atoms. The number of amides is 2. The molecule has 7 nitrogen and oxygen atoms in total. The molecular formula is C16H20F3N3O4. The minimum Gasteiger partial charge on any atom is -0.444 e. The Morgan fingerprint density at radius 2 is 2.00 bits per heavy atom. The molecule has 1 aromatic rings. The van der Waals surface area contributed by atoms with Crippen LogP contribution in [0.1, 0.15) is 20.8 Å². The molecule has 1 aliphatic heterocycles. The largest absolute Gasteiger partial charge is 0.492 e. The Morgan fingerprint density at radius 3 is 2.54 bits per heavy atom. The average Bonchev–Trinajstić information content (AvgIpc) is 2.53. The van der Waals surface area contributed by atoms with E-state index >= 15 is 0 Å². The van der Waals surface area contributed by atoms with E-state index in [1.54, 1.807) is 20.8 Å². The number of halogens is 3. The summed E-state index contributed by atoms with van der Waals surface area (Å²) >= 11 is 0. The van der Waals surface area contributed by atoms with Crippen LogP contribution in [0.25, 0.3) is 0 Å².